The van der Waals surface area contributed by atoms with E-state index in [2.05, 4.69) is 6.58 Å². The van der Waals surface area contributed by atoms with Crippen LogP contribution in [-0.4, -0.2) is 17.3 Å². The summed E-state index contributed by atoms with van der Waals surface area (Å²) in [7, 11) is 0. The number of rotatable bonds is 3. The maximum atomic E-state index is 8.68. The number of aliphatic hydroxyl groups excluding tert-OH is 1. The zero-order valence-electron chi connectivity index (χ0n) is 6.15. The molecule has 0 aliphatic heterocycles. The first-order valence-corrected chi connectivity index (χ1v) is 3.02. The minimum absolute atomic E-state index is 0.0137. The molecule has 2 heteroatoms. The van der Waals surface area contributed by atoms with Crippen molar-refractivity contribution < 1.29 is 5.11 Å². The van der Waals surface area contributed by atoms with Gasteiger partial charge in [0, 0.05) is 5.54 Å². The van der Waals surface area contributed by atoms with E-state index < -0.39 is 5.54 Å². The monoisotopic (exact) mass is 129 g/mol. The number of aliphatic hydroxyl groups is 1. The Morgan fingerprint density at radius 2 is 2.22 bits per heavy atom. The van der Waals surface area contributed by atoms with E-state index in [0.29, 0.717) is 6.42 Å². The van der Waals surface area contributed by atoms with Crippen molar-refractivity contribution in [2.45, 2.75) is 25.8 Å². The van der Waals surface area contributed by atoms with Crippen molar-refractivity contribution in [2.75, 3.05) is 6.61 Å². The quantitative estimate of drug-likeness (QED) is 0.550. The number of hydrogen-bond donors (Lipinski definition) is 2. The average molecular weight is 129 g/mol. The van der Waals surface area contributed by atoms with E-state index in [1.807, 2.05) is 13.8 Å². The lowest BCUT2D eigenvalue weighted by molar-refractivity contribution is 0.208. The van der Waals surface area contributed by atoms with Gasteiger partial charge >= 0.3 is 0 Å². The van der Waals surface area contributed by atoms with Gasteiger partial charge in [0.05, 0.1) is 6.61 Å². The Kier molecular flexibility index (Phi) is 2.88. The molecule has 0 aliphatic rings. The van der Waals surface area contributed by atoms with Gasteiger partial charge < -0.3 is 10.8 Å². The molecule has 0 spiro atoms. The third-order valence-electron chi connectivity index (χ3n) is 1.07. The third-order valence-corrected chi connectivity index (χ3v) is 1.07. The molecule has 0 rings (SSSR count). The van der Waals surface area contributed by atoms with Gasteiger partial charge in [0.2, 0.25) is 0 Å². The second-order valence-corrected chi connectivity index (χ2v) is 2.95. The van der Waals surface area contributed by atoms with Crippen LogP contribution in [0.25, 0.3) is 0 Å². The van der Waals surface area contributed by atoms with Crippen LogP contribution in [0.1, 0.15) is 20.3 Å². The van der Waals surface area contributed by atoms with Crippen molar-refractivity contribution in [1.29, 1.82) is 0 Å². The molecule has 0 heterocycles. The summed E-state index contributed by atoms with van der Waals surface area (Å²) < 4.78 is 0. The molecule has 0 aromatic heterocycles. The fourth-order valence-corrected chi connectivity index (χ4v) is 0.745. The first-order valence-electron chi connectivity index (χ1n) is 3.02. The molecule has 0 radical (unpaired) electrons. The van der Waals surface area contributed by atoms with Gasteiger partial charge in [0.1, 0.15) is 0 Å². The van der Waals surface area contributed by atoms with E-state index in [0.717, 1.165) is 5.57 Å². The summed E-state index contributed by atoms with van der Waals surface area (Å²) in [6.45, 7) is 7.42. The smallest absolute Gasteiger partial charge is 0.0611 e. The van der Waals surface area contributed by atoms with Crippen molar-refractivity contribution in [3.8, 4) is 0 Å². The molecule has 0 bridgehead atoms. The molecule has 3 N–H and O–H groups in total. The number of nitrogens with two attached hydrogens (primary N) is 1. The second-order valence-electron chi connectivity index (χ2n) is 2.95. The van der Waals surface area contributed by atoms with Gasteiger partial charge in [-0.2, -0.15) is 0 Å². The van der Waals surface area contributed by atoms with Gasteiger partial charge in [-0.1, -0.05) is 5.57 Å². The van der Waals surface area contributed by atoms with Crippen LogP contribution in [0.4, 0.5) is 0 Å². The Bertz CT molecular complexity index is 107. The van der Waals surface area contributed by atoms with E-state index in [1.54, 1.807) is 0 Å². The van der Waals surface area contributed by atoms with Crippen LogP contribution in [0.5, 0.6) is 0 Å². The van der Waals surface area contributed by atoms with Gasteiger partial charge in [-0.3, -0.25) is 0 Å². The van der Waals surface area contributed by atoms with Crippen LogP contribution < -0.4 is 5.73 Å². The lowest BCUT2D eigenvalue weighted by Crippen LogP contribution is -2.40. The maximum absolute atomic E-state index is 8.68. The highest BCUT2D eigenvalue weighted by atomic mass is 16.3. The molecule has 0 aliphatic carbocycles. The summed E-state index contributed by atoms with van der Waals surface area (Å²) in [5.41, 5.74) is 6.13. The van der Waals surface area contributed by atoms with Crippen LogP contribution in [0.15, 0.2) is 12.2 Å². The van der Waals surface area contributed by atoms with Gasteiger partial charge in [0.25, 0.3) is 0 Å². The summed E-state index contributed by atoms with van der Waals surface area (Å²) in [5, 5.41) is 8.68. The molecule has 9 heavy (non-hydrogen) atoms. The van der Waals surface area contributed by atoms with E-state index in [-0.39, 0.29) is 6.61 Å². The van der Waals surface area contributed by atoms with Crippen LogP contribution in [0.2, 0.25) is 0 Å². The Labute approximate surface area is 56.4 Å². The molecule has 0 aromatic rings. The van der Waals surface area contributed by atoms with E-state index in [4.69, 9.17) is 10.8 Å². The van der Waals surface area contributed by atoms with Gasteiger partial charge in [-0.25, -0.2) is 0 Å². The van der Waals surface area contributed by atoms with Crippen molar-refractivity contribution in [1.82, 2.24) is 0 Å². The predicted octanol–water partition coefficient (Wildman–Crippen LogP) is 0.662. The van der Waals surface area contributed by atoms with Crippen molar-refractivity contribution in [3.05, 3.63) is 12.2 Å². The van der Waals surface area contributed by atoms with E-state index in [9.17, 15) is 0 Å². The lowest BCUT2D eigenvalue weighted by Gasteiger charge is -2.20. The molecule has 54 valence electrons. The minimum atomic E-state index is -0.480. The first-order chi connectivity index (χ1) is 3.98. The Balaban J connectivity index is 3.71. The largest absolute Gasteiger partial charge is 0.394 e. The van der Waals surface area contributed by atoms with Crippen molar-refractivity contribution in [3.63, 3.8) is 0 Å². The Morgan fingerprint density at radius 1 is 1.78 bits per heavy atom. The molecule has 0 saturated carbocycles. The van der Waals surface area contributed by atoms with Gasteiger partial charge in [-0.15, -0.1) is 6.58 Å². The molecule has 0 saturated heterocycles. The second kappa shape index (κ2) is 2.99. The summed E-state index contributed by atoms with van der Waals surface area (Å²) in [4.78, 5) is 0. The summed E-state index contributed by atoms with van der Waals surface area (Å²) >= 11 is 0. The standard InChI is InChI=1S/C7H15NO/c1-6(2)4-7(3,8)5-9/h9H,1,4-5,8H2,2-3H3/t7-/m0/s1. The Hall–Kier alpha value is -0.340. The summed E-state index contributed by atoms with van der Waals surface area (Å²) in [5.74, 6) is 0. The zero-order valence-corrected chi connectivity index (χ0v) is 6.15. The minimum Gasteiger partial charge on any atom is -0.394 e. The van der Waals surface area contributed by atoms with Gasteiger partial charge in [-0.05, 0) is 20.3 Å². The normalized spacial score (nSPS) is 16.9. The molecule has 0 amide bonds. The fraction of sp³-hybridized carbons (Fsp3) is 0.714. The SMILES string of the molecule is C=C(C)C[C@](C)(N)CO. The van der Waals surface area contributed by atoms with Crippen LogP contribution in [0, 0.1) is 0 Å². The third kappa shape index (κ3) is 4.18. The molecule has 0 fully saturated rings. The Morgan fingerprint density at radius 3 is 2.33 bits per heavy atom. The van der Waals surface area contributed by atoms with Crippen LogP contribution >= 0.6 is 0 Å². The highest BCUT2D eigenvalue weighted by molar-refractivity contribution is 4.97. The highest BCUT2D eigenvalue weighted by Gasteiger charge is 2.15. The molecular weight excluding hydrogens is 114 g/mol. The topological polar surface area (TPSA) is 46.2 Å². The van der Waals surface area contributed by atoms with Crippen LogP contribution in [0.3, 0.4) is 0 Å². The zero-order chi connectivity index (χ0) is 7.49. The molecule has 0 unspecified atom stereocenters. The highest BCUT2D eigenvalue weighted by Crippen LogP contribution is 2.09. The van der Waals surface area contributed by atoms with E-state index >= 15 is 0 Å². The van der Waals surface area contributed by atoms with Crippen molar-refractivity contribution in [2.24, 2.45) is 5.73 Å². The lowest BCUT2D eigenvalue weighted by atomic mass is 9.97. The molecule has 0 aromatic carbocycles. The molecule has 1 atom stereocenters. The number of hydrogen-bond acceptors (Lipinski definition) is 2. The molecular formula is C7H15NO. The summed E-state index contributed by atoms with van der Waals surface area (Å²) in [6.07, 6.45) is 0.684. The summed E-state index contributed by atoms with van der Waals surface area (Å²) in [6, 6.07) is 0. The van der Waals surface area contributed by atoms with E-state index in [1.165, 1.54) is 0 Å². The fourth-order valence-electron chi connectivity index (χ4n) is 0.745. The average Bonchev–Trinajstić information content (AvgIpc) is 1.63. The van der Waals surface area contributed by atoms with Crippen molar-refractivity contribution >= 4 is 0 Å². The molecule has 2 nitrogen and oxygen atoms in total. The predicted molar refractivity (Wildman–Crippen MR) is 39.1 cm³/mol. The van der Waals surface area contributed by atoms with Gasteiger partial charge in [0.15, 0.2) is 0 Å². The first kappa shape index (κ1) is 8.66. The van der Waals surface area contributed by atoms with Crippen LogP contribution in [-0.2, 0) is 0 Å². The maximum Gasteiger partial charge on any atom is 0.0611 e.